The molecule has 0 aromatic rings. The van der Waals surface area contributed by atoms with Crippen molar-refractivity contribution >= 4 is 5.97 Å². The van der Waals surface area contributed by atoms with E-state index in [0.29, 0.717) is 18.9 Å². The van der Waals surface area contributed by atoms with Gasteiger partial charge in [-0.15, -0.1) is 0 Å². The van der Waals surface area contributed by atoms with E-state index in [1.54, 1.807) is 0 Å². The Morgan fingerprint density at radius 3 is 2.75 bits per heavy atom. The SMILES string of the molecule is CCNC1(CC(=O)OCC)CCCCC1C. The van der Waals surface area contributed by atoms with Crippen LogP contribution in [0, 0.1) is 5.92 Å². The van der Waals surface area contributed by atoms with Gasteiger partial charge in [0.15, 0.2) is 0 Å². The Labute approximate surface area is 98.9 Å². The summed E-state index contributed by atoms with van der Waals surface area (Å²) in [5, 5.41) is 3.54. The maximum Gasteiger partial charge on any atom is 0.307 e. The summed E-state index contributed by atoms with van der Waals surface area (Å²) in [6.45, 7) is 7.62. The van der Waals surface area contributed by atoms with E-state index >= 15 is 0 Å². The van der Waals surface area contributed by atoms with Gasteiger partial charge in [0.05, 0.1) is 13.0 Å². The standard InChI is InChI=1S/C13H25NO2/c1-4-14-13(10-12(15)16-5-2)9-7-6-8-11(13)3/h11,14H,4-10H2,1-3H3. The van der Waals surface area contributed by atoms with Crippen LogP contribution in [0.5, 0.6) is 0 Å². The molecular formula is C13H25NO2. The van der Waals surface area contributed by atoms with Gasteiger partial charge < -0.3 is 10.1 Å². The first-order valence-corrected chi connectivity index (χ1v) is 6.55. The van der Waals surface area contributed by atoms with Crippen LogP contribution in [0.4, 0.5) is 0 Å². The lowest BCUT2D eigenvalue weighted by Gasteiger charge is -2.43. The number of nitrogens with one attached hydrogen (secondary N) is 1. The molecule has 0 aromatic carbocycles. The molecule has 3 heteroatoms. The molecule has 1 N–H and O–H groups in total. The van der Waals surface area contributed by atoms with Crippen molar-refractivity contribution in [2.24, 2.45) is 5.92 Å². The van der Waals surface area contributed by atoms with Crippen molar-refractivity contribution in [3.63, 3.8) is 0 Å². The first kappa shape index (κ1) is 13.5. The topological polar surface area (TPSA) is 38.3 Å². The third-order valence-electron chi connectivity index (χ3n) is 3.75. The second-order valence-corrected chi connectivity index (χ2v) is 4.82. The maximum atomic E-state index is 11.7. The van der Waals surface area contributed by atoms with E-state index in [1.807, 2.05) is 6.92 Å². The summed E-state index contributed by atoms with van der Waals surface area (Å²) in [5.74, 6) is 0.503. The van der Waals surface area contributed by atoms with Crippen molar-refractivity contribution in [3.8, 4) is 0 Å². The number of hydrogen-bond donors (Lipinski definition) is 1. The summed E-state index contributed by atoms with van der Waals surface area (Å²) >= 11 is 0. The molecule has 1 fully saturated rings. The molecule has 94 valence electrons. The zero-order chi connectivity index (χ0) is 12.0. The fourth-order valence-electron chi connectivity index (χ4n) is 2.82. The zero-order valence-corrected chi connectivity index (χ0v) is 10.8. The maximum absolute atomic E-state index is 11.7. The molecule has 0 saturated heterocycles. The van der Waals surface area contributed by atoms with Gasteiger partial charge in [-0.1, -0.05) is 26.7 Å². The van der Waals surface area contributed by atoms with Gasteiger partial charge in [-0.2, -0.15) is 0 Å². The minimum absolute atomic E-state index is 0.0146. The van der Waals surface area contributed by atoms with Crippen molar-refractivity contribution in [2.45, 2.75) is 58.4 Å². The van der Waals surface area contributed by atoms with Crippen LogP contribution >= 0.6 is 0 Å². The molecule has 0 spiro atoms. The largest absolute Gasteiger partial charge is 0.466 e. The Balaban J connectivity index is 2.66. The number of carbonyl (C=O) groups is 1. The smallest absolute Gasteiger partial charge is 0.307 e. The highest BCUT2D eigenvalue weighted by atomic mass is 16.5. The second kappa shape index (κ2) is 6.24. The molecule has 1 aliphatic carbocycles. The third-order valence-corrected chi connectivity index (χ3v) is 3.75. The second-order valence-electron chi connectivity index (χ2n) is 4.82. The number of esters is 1. The van der Waals surface area contributed by atoms with Crippen LogP contribution < -0.4 is 5.32 Å². The predicted octanol–water partition coefficient (Wildman–Crippen LogP) is 2.50. The summed E-state index contributed by atoms with van der Waals surface area (Å²) in [7, 11) is 0. The molecule has 0 amide bonds. The minimum Gasteiger partial charge on any atom is -0.466 e. The summed E-state index contributed by atoms with van der Waals surface area (Å²) < 4.78 is 5.09. The van der Waals surface area contributed by atoms with Crippen LogP contribution in [-0.4, -0.2) is 24.7 Å². The highest BCUT2D eigenvalue weighted by molar-refractivity contribution is 5.71. The van der Waals surface area contributed by atoms with Crippen molar-refractivity contribution < 1.29 is 9.53 Å². The van der Waals surface area contributed by atoms with Gasteiger partial charge in [0.25, 0.3) is 0 Å². The van der Waals surface area contributed by atoms with Crippen LogP contribution in [0.2, 0.25) is 0 Å². The fourth-order valence-corrected chi connectivity index (χ4v) is 2.82. The normalized spacial score (nSPS) is 30.1. The predicted molar refractivity (Wildman–Crippen MR) is 65.3 cm³/mol. The Hall–Kier alpha value is -0.570. The van der Waals surface area contributed by atoms with Gasteiger partial charge in [-0.3, -0.25) is 4.79 Å². The van der Waals surface area contributed by atoms with Crippen LogP contribution in [0.25, 0.3) is 0 Å². The summed E-state index contributed by atoms with van der Waals surface area (Å²) in [6, 6.07) is 0. The van der Waals surface area contributed by atoms with E-state index in [1.165, 1.54) is 19.3 Å². The molecule has 1 saturated carbocycles. The molecule has 0 aliphatic heterocycles. The molecule has 0 aromatic heterocycles. The Bertz CT molecular complexity index is 226. The number of carbonyl (C=O) groups excluding carboxylic acids is 1. The lowest BCUT2D eigenvalue weighted by molar-refractivity contribution is -0.146. The van der Waals surface area contributed by atoms with Crippen molar-refractivity contribution in [3.05, 3.63) is 0 Å². The molecule has 3 nitrogen and oxygen atoms in total. The molecular weight excluding hydrogens is 202 g/mol. The summed E-state index contributed by atoms with van der Waals surface area (Å²) in [4.78, 5) is 11.7. The average Bonchev–Trinajstić information content (AvgIpc) is 2.23. The molecule has 16 heavy (non-hydrogen) atoms. The third kappa shape index (κ3) is 3.21. The van der Waals surface area contributed by atoms with Gasteiger partial charge in [0.2, 0.25) is 0 Å². The minimum atomic E-state index is -0.0581. The molecule has 2 unspecified atom stereocenters. The number of ether oxygens (including phenoxy) is 1. The number of hydrogen-bond acceptors (Lipinski definition) is 3. The van der Waals surface area contributed by atoms with E-state index in [-0.39, 0.29) is 11.5 Å². The lowest BCUT2D eigenvalue weighted by atomic mass is 9.71. The Morgan fingerprint density at radius 2 is 2.19 bits per heavy atom. The molecule has 2 atom stereocenters. The fraction of sp³-hybridized carbons (Fsp3) is 0.923. The van der Waals surface area contributed by atoms with Gasteiger partial charge in [0, 0.05) is 5.54 Å². The van der Waals surface area contributed by atoms with Crippen LogP contribution in [0.1, 0.15) is 52.9 Å². The van der Waals surface area contributed by atoms with Crippen molar-refractivity contribution in [1.82, 2.24) is 5.32 Å². The first-order valence-electron chi connectivity index (χ1n) is 6.55. The van der Waals surface area contributed by atoms with Gasteiger partial charge in [-0.25, -0.2) is 0 Å². The summed E-state index contributed by atoms with van der Waals surface area (Å²) in [5.41, 5.74) is -0.0146. The average molecular weight is 227 g/mol. The Morgan fingerprint density at radius 1 is 1.44 bits per heavy atom. The van der Waals surface area contributed by atoms with E-state index in [4.69, 9.17) is 4.74 Å². The van der Waals surface area contributed by atoms with Gasteiger partial charge in [0.1, 0.15) is 0 Å². The van der Waals surface area contributed by atoms with Crippen LogP contribution in [0.15, 0.2) is 0 Å². The molecule has 1 rings (SSSR count). The van der Waals surface area contributed by atoms with Gasteiger partial charge in [-0.05, 0) is 32.2 Å². The van der Waals surface area contributed by atoms with E-state index < -0.39 is 0 Å². The van der Waals surface area contributed by atoms with Crippen molar-refractivity contribution in [1.29, 1.82) is 0 Å². The Kier molecular flexibility index (Phi) is 5.26. The quantitative estimate of drug-likeness (QED) is 0.733. The van der Waals surface area contributed by atoms with Crippen LogP contribution in [0.3, 0.4) is 0 Å². The number of rotatable bonds is 5. The van der Waals surface area contributed by atoms with Crippen molar-refractivity contribution in [2.75, 3.05) is 13.2 Å². The zero-order valence-electron chi connectivity index (χ0n) is 10.8. The van der Waals surface area contributed by atoms with Gasteiger partial charge >= 0.3 is 5.97 Å². The molecule has 0 heterocycles. The van der Waals surface area contributed by atoms with E-state index in [0.717, 1.165) is 13.0 Å². The highest BCUT2D eigenvalue weighted by Crippen LogP contribution is 2.36. The molecule has 0 radical (unpaired) electrons. The van der Waals surface area contributed by atoms with E-state index in [9.17, 15) is 4.79 Å². The van der Waals surface area contributed by atoms with Crippen LogP contribution in [-0.2, 0) is 9.53 Å². The van der Waals surface area contributed by atoms with E-state index in [2.05, 4.69) is 19.2 Å². The highest BCUT2D eigenvalue weighted by Gasteiger charge is 2.39. The first-order chi connectivity index (χ1) is 7.64. The monoisotopic (exact) mass is 227 g/mol. The molecule has 0 bridgehead atoms. The summed E-state index contributed by atoms with van der Waals surface area (Å²) in [6.07, 6.45) is 5.34. The molecule has 1 aliphatic rings. The lowest BCUT2D eigenvalue weighted by Crippen LogP contribution is -2.53.